The molecule has 0 bridgehead atoms. The number of rotatable bonds is 4. The first kappa shape index (κ1) is 18.7. The van der Waals surface area contributed by atoms with Gasteiger partial charge in [0.1, 0.15) is 0 Å². The maximum Gasteiger partial charge on any atom is 0.0352 e. The largest absolute Gasteiger partial charge is 0.314 e. The van der Waals surface area contributed by atoms with Gasteiger partial charge in [-0.2, -0.15) is 0 Å². The van der Waals surface area contributed by atoms with Crippen molar-refractivity contribution >= 4 is 24.8 Å². The van der Waals surface area contributed by atoms with Crippen molar-refractivity contribution in [3.8, 4) is 0 Å². The van der Waals surface area contributed by atoms with Crippen LogP contribution in [0.3, 0.4) is 0 Å². The second-order valence-electron chi connectivity index (χ2n) is 5.21. The van der Waals surface area contributed by atoms with Gasteiger partial charge in [-0.3, -0.25) is 9.88 Å². The summed E-state index contributed by atoms with van der Waals surface area (Å²) in [6.07, 6.45) is 5.04. The molecule has 2 heterocycles. The van der Waals surface area contributed by atoms with Crippen molar-refractivity contribution in [2.24, 2.45) is 5.92 Å². The monoisotopic (exact) mass is 305 g/mol. The summed E-state index contributed by atoms with van der Waals surface area (Å²) in [7, 11) is 0. The van der Waals surface area contributed by atoms with E-state index in [1.54, 1.807) is 0 Å². The Morgan fingerprint density at radius 3 is 2.26 bits per heavy atom. The summed E-state index contributed by atoms with van der Waals surface area (Å²) in [6, 6.07) is 4.88. The highest BCUT2D eigenvalue weighted by Crippen LogP contribution is 2.27. The summed E-state index contributed by atoms with van der Waals surface area (Å²) < 4.78 is 0. The highest BCUT2D eigenvalue weighted by atomic mass is 35.5. The second kappa shape index (κ2) is 9.54. The predicted octanol–water partition coefficient (Wildman–Crippen LogP) is 2.92. The van der Waals surface area contributed by atoms with E-state index in [2.05, 4.69) is 41.2 Å². The Balaban J connectivity index is 0.00000162. The third-order valence-electron chi connectivity index (χ3n) is 3.38. The Morgan fingerprint density at radius 1 is 1.16 bits per heavy atom. The molecule has 1 aliphatic rings. The molecular formula is C14H25Cl2N3. The van der Waals surface area contributed by atoms with Crippen LogP contribution in [0.5, 0.6) is 0 Å². The molecule has 1 saturated heterocycles. The summed E-state index contributed by atoms with van der Waals surface area (Å²) in [4.78, 5) is 6.72. The molecule has 1 atom stereocenters. The van der Waals surface area contributed by atoms with Gasteiger partial charge in [-0.25, -0.2) is 0 Å². The molecule has 0 amide bonds. The van der Waals surface area contributed by atoms with Crippen molar-refractivity contribution in [1.29, 1.82) is 0 Å². The van der Waals surface area contributed by atoms with Gasteiger partial charge in [0.2, 0.25) is 0 Å². The average molecular weight is 306 g/mol. The fourth-order valence-electron chi connectivity index (χ4n) is 2.52. The summed E-state index contributed by atoms with van der Waals surface area (Å²) in [5.74, 6) is 0.725. The molecule has 110 valence electrons. The molecule has 0 radical (unpaired) electrons. The van der Waals surface area contributed by atoms with E-state index in [9.17, 15) is 0 Å². The molecule has 1 aromatic rings. The second-order valence-corrected chi connectivity index (χ2v) is 5.21. The van der Waals surface area contributed by atoms with E-state index >= 15 is 0 Å². The Kier molecular flexibility index (Phi) is 9.36. The molecule has 1 N–H and O–H groups in total. The summed E-state index contributed by atoms with van der Waals surface area (Å²) >= 11 is 0. The van der Waals surface area contributed by atoms with Crippen LogP contribution < -0.4 is 5.32 Å². The van der Waals surface area contributed by atoms with Crippen molar-refractivity contribution in [2.45, 2.75) is 26.3 Å². The molecule has 5 heteroatoms. The minimum atomic E-state index is 0. The zero-order valence-corrected chi connectivity index (χ0v) is 13.3. The average Bonchev–Trinajstić information content (AvgIpc) is 2.38. The third-order valence-corrected chi connectivity index (χ3v) is 3.38. The quantitative estimate of drug-likeness (QED) is 0.927. The standard InChI is InChI=1S/C14H23N3.2ClH/c1-12(2)11-14(13-3-5-15-6-4-13)17-9-7-16-8-10-17;;/h3-6,12,14,16H,7-11H2,1-2H3;2*1H/t14-;;/m0../s1. The first-order valence-corrected chi connectivity index (χ1v) is 6.62. The fraction of sp³-hybridized carbons (Fsp3) is 0.643. The van der Waals surface area contributed by atoms with Gasteiger partial charge >= 0.3 is 0 Å². The molecule has 0 saturated carbocycles. The molecule has 3 nitrogen and oxygen atoms in total. The molecule has 1 fully saturated rings. The Morgan fingerprint density at radius 2 is 1.74 bits per heavy atom. The molecule has 0 aromatic carbocycles. The first-order chi connectivity index (χ1) is 8.27. The molecule has 1 aromatic heterocycles. The predicted molar refractivity (Wildman–Crippen MR) is 85.4 cm³/mol. The summed E-state index contributed by atoms with van der Waals surface area (Å²) in [6.45, 7) is 9.13. The number of piperazine rings is 1. The van der Waals surface area contributed by atoms with Crippen molar-refractivity contribution in [1.82, 2.24) is 15.2 Å². The van der Waals surface area contributed by atoms with Crippen LogP contribution in [0.25, 0.3) is 0 Å². The lowest BCUT2D eigenvalue weighted by Crippen LogP contribution is -2.45. The SMILES string of the molecule is CC(C)C[C@@H](c1ccncc1)N1CCNCC1.Cl.Cl. The number of nitrogens with zero attached hydrogens (tertiary/aromatic N) is 2. The number of aromatic nitrogens is 1. The summed E-state index contributed by atoms with van der Waals surface area (Å²) in [5, 5.41) is 3.42. The smallest absolute Gasteiger partial charge is 0.0352 e. The van der Waals surface area contributed by atoms with Gasteiger partial charge < -0.3 is 5.32 Å². The van der Waals surface area contributed by atoms with Crippen molar-refractivity contribution in [3.63, 3.8) is 0 Å². The molecular weight excluding hydrogens is 281 g/mol. The zero-order valence-electron chi connectivity index (χ0n) is 11.7. The fourth-order valence-corrected chi connectivity index (χ4v) is 2.52. The van der Waals surface area contributed by atoms with E-state index in [-0.39, 0.29) is 24.8 Å². The zero-order chi connectivity index (χ0) is 12.1. The lowest BCUT2D eigenvalue weighted by atomic mass is 9.96. The first-order valence-electron chi connectivity index (χ1n) is 6.62. The topological polar surface area (TPSA) is 28.2 Å². The summed E-state index contributed by atoms with van der Waals surface area (Å²) in [5.41, 5.74) is 1.41. The van der Waals surface area contributed by atoms with Gasteiger partial charge in [0, 0.05) is 44.6 Å². The van der Waals surface area contributed by atoms with E-state index in [1.807, 2.05) is 12.4 Å². The number of hydrogen-bond donors (Lipinski definition) is 1. The molecule has 0 spiro atoms. The normalized spacial score (nSPS) is 17.4. The van der Waals surface area contributed by atoms with Gasteiger partial charge in [-0.15, -0.1) is 24.8 Å². The van der Waals surface area contributed by atoms with Gasteiger partial charge in [0.05, 0.1) is 0 Å². The van der Waals surface area contributed by atoms with E-state index in [1.165, 1.54) is 12.0 Å². The van der Waals surface area contributed by atoms with E-state index < -0.39 is 0 Å². The van der Waals surface area contributed by atoms with E-state index in [0.717, 1.165) is 32.1 Å². The maximum atomic E-state index is 4.12. The van der Waals surface area contributed by atoms with Crippen LogP contribution in [0.1, 0.15) is 31.9 Å². The van der Waals surface area contributed by atoms with Gasteiger partial charge in [0.15, 0.2) is 0 Å². The minimum Gasteiger partial charge on any atom is -0.314 e. The third kappa shape index (κ3) is 5.65. The van der Waals surface area contributed by atoms with Crippen LogP contribution in [0, 0.1) is 5.92 Å². The molecule has 2 rings (SSSR count). The van der Waals surface area contributed by atoms with Gasteiger partial charge in [0.25, 0.3) is 0 Å². The van der Waals surface area contributed by atoms with Crippen LogP contribution >= 0.6 is 24.8 Å². The van der Waals surface area contributed by atoms with Crippen LogP contribution in [0.15, 0.2) is 24.5 Å². The van der Waals surface area contributed by atoms with Crippen LogP contribution in [0.2, 0.25) is 0 Å². The number of hydrogen-bond acceptors (Lipinski definition) is 3. The Bertz CT molecular complexity index is 327. The highest BCUT2D eigenvalue weighted by Gasteiger charge is 2.22. The molecule has 1 aliphatic heterocycles. The van der Waals surface area contributed by atoms with Crippen molar-refractivity contribution < 1.29 is 0 Å². The van der Waals surface area contributed by atoms with Crippen LogP contribution in [-0.4, -0.2) is 36.1 Å². The number of halogens is 2. The molecule has 0 unspecified atom stereocenters. The van der Waals surface area contributed by atoms with Crippen LogP contribution in [-0.2, 0) is 0 Å². The Labute approximate surface area is 129 Å². The van der Waals surface area contributed by atoms with Gasteiger partial charge in [-0.05, 0) is 30.0 Å². The Hall–Kier alpha value is -0.350. The van der Waals surface area contributed by atoms with E-state index in [0.29, 0.717) is 6.04 Å². The lowest BCUT2D eigenvalue weighted by molar-refractivity contribution is 0.154. The van der Waals surface area contributed by atoms with Crippen molar-refractivity contribution in [3.05, 3.63) is 30.1 Å². The molecule has 0 aliphatic carbocycles. The van der Waals surface area contributed by atoms with Crippen molar-refractivity contribution in [2.75, 3.05) is 26.2 Å². The lowest BCUT2D eigenvalue weighted by Gasteiger charge is -2.36. The van der Waals surface area contributed by atoms with Gasteiger partial charge in [-0.1, -0.05) is 13.8 Å². The number of pyridine rings is 1. The highest BCUT2D eigenvalue weighted by molar-refractivity contribution is 5.85. The minimum absolute atomic E-state index is 0. The maximum absolute atomic E-state index is 4.12. The number of nitrogens with one attached hydrogen (secondary N) is 1. The molecule has 19 heavy (non-hydrogen) atoms. The van der Waals surface area contributed by atoms with E-state index in [4.69, 9.17) is 0 Å². The van der Waals surface area contributed by atoms with Crippen LogP contribution in [0.4, 0.5) is 0 Å².